The van der Waals surface area contributed by atoms with Gasteiger partial charge in [-0.1, -0.05) is 106 Å². The Bertz CT molecular complexity index is 730. The van der Waals surface area contributed by atoms with Gasteiger partial charge in [-0.25, -0.2) is 0 Å². The van der Waals surface area contributed by atoms with Gasteiger partial charge in [0.05, 0.1) is 0 Å². The Balaban J connectivity index is 0.000000254. The van der Waals surface area contributed by atoms with Crippen LogP contribution >= 0.6 is 0 Å². The Hall–Kier alpha value is -2.54. The third-order valence-electron chi connectivity index (χ3n) is 4.21. The summed E-state index contributed by atoms with van der Waals surface area (Å²) in [6, 6.07) is 25.2. The average Bonchev–Trinajstić information content (AvgIpc) is 2.65. The zero-order valence-corrected chi connectivity index (χ0v) is 18.0. The van der Waals surface area contributed by atoms with Crippen LogP contribution in [0.25, 0.3) is 11.1 Å². The summed E-state index contributed by atoms with van der Waals surface area (Å²) in [4.78, 5) is 0. The molecule has 0 unspecified atom stereocenters. The SMILES string of the molecule is CC.Cc1ccc(-c2ccc(N)cc2)cc1.Cc1ccc(C(C)(C)C)cc1. The highest BCUT2D eigenvalue weighted by molar-refractivity contribution is 5.65. The first-order valence-electron chi connectivity index (χ1n) is 9.75. The van der Waals surface area contributed by atoms with E-state index in [0.29, 0.717) is 0 Å². The quantitative estimate of drug-likeness (QED) is 0.444. The van der Waals surface area contributed by atoms with Crippen molar-refractivity contribution in [3.05, 3.63) is 89.5 Å². The average molecular weight is 362 g/mol. The predicted octanol–water partition coefficient (Wildman–Crippen LogP) is 7.56. The molecule has 1 heteroatoms. The van der Waals surface area contributed by atoms with Crippen molar-refractivity contribution in [2.24, 2.45) is 0 Å². The largest absolute Gasteiger partial charge is 0.399 e. The van der Waals surface area contributed by atoms with Crippen molar-refractivity contribution in [3.8, 4) is 11.1 Å². The third-order valence-corrected chi connectivity index (χ3v) is 4.21. The van der Waals surface area contributed by atoms with Crippen LogP contribution in [-0.4, -0.2) is 0 Å². The van der Waals surface area contributed by atoms with Gasteiger partial charge in [0.1, 0.15) is 0 Å². The van der Waals surface area contributed by atoms with Crippen molar-refractivity contribution >= 4 is 5.69 Å². The smallest absolute Gasteiger partial charge is 0.0314 e. The van der Waals surface area contributed by atoms with Crippen LogP contribution < -0.4 is 5.73 Å². The normalized spacial score (nSPS) is 10.2. The van der Waals surface area contributed by atoms with E-state index in [9.17, 15) is 0 Å². The van der Waals surface area contributed by atoms with E-state index < -0.39 is 0 Å². The van der Waals surface area contributed by atoms with Crippen LogP contribution in [0.2, 0.25) is 0 Å². The molecule has 0 atom stereocenters. The van der Waals surface area contributed by atoms with E-state index in [4.69, 9.17) is 5.73 Å². The van der Waals surface area contributed by atoms with Crippen LogP contribution in [-0.2, 0) is 5.41 Å². The van der Waals surface area contributed by atoms with Crippen LogP contribution in [0.5, 0.6) is 0 Å². The van der Waals surface area contributed by atoms with E-state index in [2.05, 4.69) is 83.1 Å². The van der Waals surface area contributed by atoms with Crippen molar-refractivity contribution in [1.82, 2.24) is 0 Å². The first-order valence-corrected chi connectivity index (χ1v) is 9.75. The van der Waals surface area contributed by atoms with E-state index in [0.717, 1.165) is 5.69 Å². The lowest BCUT2D eigenvalue weighted by Crippen LogP contribution is -2.10. The Morgan fingerprint density at radius 1 is 0.556 bits per heavy atom. The van der Waals surface area contributed by atoms with Crippen LogP contribution in [0, 0.1) is 13.8 Å². The molecule has 0 radical (unpaired) electrons. The summed E-state index contributed by atoms with van der Waals surface area (Å²) < 4.78 is 0. The molecule has 0 fully saturated rings. The molecular weight excluding hydrogens is 326 g/mol. The molecule has 1 nitrogen and oxygen atoms in total. The lowest BCUT2D eigenvalue weighted by molar-refractivity contribution is 0.590. The molecule has 0 aliphatic rings. The standard InChI is InChI=1S/C13H13N.C11H16.C2H6/c1-10-2-4-11(5-3-10)12-6-8-13(14)9-7-12;1-9-5-7-10(8-6-9)11(2,3)4;1-2/h2-9H,14H2,1H3;5-8H,1-4H3;1-2H3. The lowest BCUT2D eigenvalue weighted by atomic mass is 9.87. The third kappa shape index (κ3) is 7.70. The molecule has 0 aromatic heterocycles. The molecule has 0 bridgehead atoms. The molecule has 0 aliphatic heterocycles. The number of nitrogen functional groups attached to an aromatic ring is 1. The molecule has 3 rings (SSSR count). The highest BCUT2D eigenvalue weighted by Crippen LogP contribution is 2.22. The van der Waals surface area contributed by atoms with Gasteiger partial charge >= 0.3 is 0 Å². The number of anilines is 1. The summed E-state index contributed by atoms with van der Waals surface area (Å²) in [5.74, 6) is 0. The van der Waals surface area contributed by atoms with Crippen LogP contribution in [0.4, 0.5) is 5.69 Å². The highest BCUT2D eigenvalue weighted by Gasteiger charge is 2.11. The van der Waals surface area contributed by atoms with E-state index in [1.165, 1.54) is 27.8 Å². The van der Waals surface area contributed by atoms with Gasteiger partial charge in [0, 0.05) is 5.69 Å². The van der Waals surface area contributed by atoms with Crippen molar-refractivity contribution < 1.29 is 0 Å². The second-order valence-electron chi connectivity index (χ2n) is 7.60. The number of hydrogen-bond donors (Lipinski definition) is 1. The fraction of sp³-hybridized carbons (Fsp3) is 0.308. The molecule has 27 heavy (non-hydrogen) atoms. The monoisotopic (exact) mass is 361 g/mol. The number of hydrogen-bond acceptors (Lipinski definition) is 1. The molecule has 0 amide bonds. The Morgan fingerprint density at radius 2 is 0.889 bits per heavy atom. The summed E-state index contributed by atoms with van der Waals surface area (Å²) in [5.41, 5.74) is 13.2. The lowest BCUT2D eigenvalue weighted by Gasteiger charge is -2.18. The molecular formula is C26H35N. The fourth-order valence-corrected chi connectivity index (χ4v) is 2.48. The van der Waals surface area contributed by atoms with E-state index in [1.807, 2.05) is 38.1 Å². The van der Waals surface area contributed by atoms with Crippen molar-refractivity contribution in [3.63, 3.8) is 0 Å². The van der Waals surface area contributed by atoms with Gasteiger partial charge in [0.15, 0.2) is 0 Å². The van der Waals surface area contributed by atoms with Gasteiger partial charge in [0.2, 0.25) is 0 Å². The van der Waals surface area contributed by atoms with Crippen molar-refractivity contribution in [2.75, 3.05) is 5.73 Å². The Labute approximate surface area is 166 Å². The predicted molar refractivity (Wildman–Crippen MR) is 122 cm³/mol. The zero-order valence-electron chi connectivity index (χ0n) is 18.0. The number of rotatable bonds is 1. The molecule has 0 saturated carbocycles. The van der Waals surface area contributed by atoms with Gasteiger partial charge in [0.25, 0.3) is 0 Å². The van der Waals surface area contributed by atoms with Gasteiger partial charge in [-0.05, 0) is 48.1 Å². The molecule has 3 aromatic rings. The second kappa shape index (κ2) is 10.6. The minimum atomic E-state index is 0.285. The number of benzene rings is 3. The minimum Gasteiger partial charge on any atom is -0.399 e. The van der Waals surface area contributed by atoms with Crippen molar-refractivity contribution in [2.45, 2.75) is 53.9 Å². The maximum absolute atomic E-state index is 5.63. The molecule has 0 aliphatic carbocycles. The first kappa shape index (κ1) is 22.5. The number of nitrogens with two attached hydrogens (primary N) is 1. The molecule has 144 valence electrons. The Kier molecular flexibility index (Phi) is 8.81. The van der Waals surface area contributed by atoms with Crippen LogP contribution in [0.15, 0.2) is 72.8 Å². The second-order valence-corrected chi connectivity index (χ2v) is 7.60. The van der Waals surface area contributed by atoms with E-state index in [1.54, 1.807) is 0 Å². The molecule has 3 aromatic carbocycles. The summed E-state index contributed by atoms with van der Waals surface area (Å²) in [7, 11) is 0. The first-order chi connectivity index (χ1) is 12.8. The zero-order chi connectivity index (χ0) is 20.4. The summed E-state index contributed by atoms with van der Waals surface area (Å²) in [5, 5.41) is 0. The van der Waals surface area contributed by atoms with E-state index in [-0.39, 0.29) is 5.41 Å². The summed E-state index contributed by atoms with van der Waals surface area (Å²) >= 11 is 0. The van der Waals surface area contributed by atoms with Gasteiger partial charge < -0.3 is 5.73 Å². The summed E-state index contributed by atoms with van der Waals surface area (Å²) in [6.07, 6.45) is 0. The maximum Gasteiger partial charge on any atom is 0.0314 e. The van der Waals surface area contributed by atoms with Gasteiger partial charge in [-0.15, -0.1) is 0 Å². The van der Waals surface area contributed by atoms with Crippen LogP contribution in [0.3, 0.4) is 0 Å². The molecule has 0 saturated heterocycles. The maximum atomic E-state index is 5.63. The topological polar surface area (TPSA) is 26.0 Å². The minimum absolute atomic E-state index is 0.285. The molecule has 2 N–H and O–H groups in total. The van der Waals surface area contributed by atoms with E-state index >= 15 is 0 Å². The Morgan fingerprint density at radius 3 is 1.26 bits per heavy atom. The molecule has 0 spiro atoms. The highest BCUT2D eigenvalue weighted by atomic mass is 14.5. The summed E-state index contributed by atoms with van der Waals surface area (Å²) in [6.45, 7) is 14.9. The van der Waals surface area contributed by atoms with Gasteiger partial charge in [-0.3, -0.25) is 0 Å². The molecule has 0 heterocycles. The van der Waals surface area contributed by atoms with Crippen molar-refractivity contribution in [1.29, 1.82) is 0 Å². The van der Waals surface area contributed by atoms with Gasteiger partial charge in [-0.2, -0.15) is 0 Å². The fourth-order valence-electron chi connectivity index (χ4n) is 2.48. The van der Waals surface area contributed by atoms with Crippen LogP contribution in [0.1, 0.15) is 51.3 Å². The number of aryl methyl sites for hydroxylation is 2.